The fraction of sp³-hybridized carbons (Fsp3) is 0.222. The van der Waals surface area contributed by atoms with E-state index in [-0.39, 0.29) is 29.6 Å². The van der Waals surface area contributed by atoms with E-state index in [1.807, 2.05) is 30.3 Å². The Morgan fingerprint density at radius 1 is 1.03 bits per heavy atom. The van der Waals surface area contributed by atoms with Gasteiger partial charge in [-0.05, 0) is 63.8 Å². The van der Waals surface area contributed by atoms with Gasteiger partial charge in [-0.25, -0.2) is 0 Å². The Balaban J connectivity index is 1.56. The first kappa shape index (κ1) is 21.0. The van der Waals surface area contributed by atoms with Crippen LogP contribution in [0, 0.1) is 0 Å². The summed E-state index contributed by atoms with van der Waals surface area (Å²) in [5.74, 6) is -1.26. The smallest absolute Gasteiger partial charge is 0.461 e. The van der Waals surface area contributed by atoms with Crippen LogP contribution in [0.1, 0.15) is 69.0 Å². The highest BCUT2D eigenvalue weighted by Gasteiger charge is 2.46. The van der Waals surface area contributed by atoms with Crippen LogP contribution < -0.4 is 5.46 Å². The van der Waals surface area contributed by atoms with Crippen LogP contribution in [0.25, 0.3) is 10.8 Å². The predicted molar refractivity (Wildman–Crippen MR) is 126 cm³/mol. The molecular weight excluding hydrogens is 431 g/mol. The third-order valence-electron chi connectivity index (χ3n) is 7.45. The van der Waals surface area contributed by atoms with Crippen molar-refractivity contribution in [2.75, 3.05) is 0 Å². The molecule has 0 aromatic heterocycles. The highest BCUT2D eigenvalue weighted by atomic mass is 16.5. The van der Waals surface area contributed by atoms with Crippen molar-refractivity contribution in [2.45, 2.75) is 38.2 Å². The molecule has 2 atom stereocenters. The molecule has 0 saturated heterocycles. The van der Waals surface area contributed by atoms with E-state index in [9.17, 15) is 24.4 Å². The number of esters is 1. The van der Waals surface area contributed by atoms with Crippen molar-refractivity contribution in [3.05, 3.63) is 87.5 Å². The average molecular weight is 452 g/mol. The molecular formula is C27H21BO6. The van der Waals surface area contributed by atoms with Gasteiger partial charge in [-0.15, -0.1) is 0 Å². The topological polar surface area (TPSA) is 101 Å². The molecule has 3 aromatic rings. The van der Waals surface area contributed by atoms with Gasteiger partial charge in [0.1, 0.15) is 6.61 Å². The zero-order valence-electron chi connectivity index (χ0n) is 18.5. The van der Waals surface area contributed by atoms with E-state index in [4.69, 9.17) is 4.74 Å². The molecule has 4 bridgehead atoms. The standard InChI is InChI=1S/C27H21BO6/c1-13(29)34-12-22-17-6-7-23(28(32)33)24(22)20-10-16(17)11-21-25(20)27(31)19-9-15-5-3-2-4-14(15)8-18(19)26(21)30/h2-9,16,20,32-33H,10-12H2,1H3/t16-,20-/m1/s1. The molecule has 0 amide bonds. The number of Topliss-reactive ketones (excluding diaryl/α,β-unsaturated/α-hetero) is 2. The van der Waals surface area contributed by atoms with Gasteiger partial charge in [0, 0.05) is 35.1 Å². The fourth-order valence-corrected chi connectivity index (χ4v) is 6.04. The maximum Gasteiger partial charge on any atom is 0.488 e. The van der Waals surface area contributed by atoms with Gasteiger partial charge in [-0.3, -0.25) is 14.4 Å². The fourth-order valence-electron chi connectivity index (χ4n) is 6.04. The Morgan fingerprint density at radius 3 is 2.35 bits per heavy atom. The molecule has 6 nitrogen and oxygen atoms in total. The lowest BCUT2D eigenvalue weighted by Crippen LogP contribution is -2.41. The van der Waals surface area contributed by atoms with Crippen molar-refractivity contribution in [3.63, 3.8) is 0 Å². The van der Waals surface area contributed by atoms with Crippen molar-refractivity contribution in [3.8, 4) is 0 Å². The molecule has 6 rings (SSSR count). The third-order valence-corrected chi connectivity index (χ3v) is 7.45. The first-order chi connectivity index (χ1) is 16.3. The van der Waals surface area contributed by atoms with Gasteiger partial charge in [0.15, 0.2) is 11.6 Å². The molecule has 2 N–H and O–H groups in total. The number of allylic oxidation sites excluding steroid dienone is 2. The molecule has 34 heavy (non-hydrogen) atoms. The van der Waals surface area contributed by atoms with Crippen LogP contribution in [0.2, 0.25) is 0 Å². The van der Waals surface area contributed by atoms with Crippen LogP contribution in [-0.4, -0.2) is 34.7 Å². The van der Waals surface area contributed by atoms with E-state index in [1.165, 1.54) is 6.92 Å². The monoisotopic (exact) mass is 452 g/mol. The number of carbonyl (C=O) groups excluding carboxylic acids is 3. The van der Waals surface area contributed by atoms with Crippen LogP contribution >= 0.6 is 0 Å². The summed E-state index contributed by atoms with van der Waals surface area (Å²) in [5.41, 5.74) is 4.25. The molecule has 0 unspecified atom stereocenters. The Hall–Kier alpha value is -3.55. The minimum absolute atomic E-state index is 0.0144. The second-order valence-electron chi connectivity index (χ2n) is 9.27. The summed E-state index contributed by atoms with van der Waals surface area (Å²) in [6, 6.07) is 14.7. The Morgan fingerprint density at radius 2 is 1.71 bits per heavy atom. The van der Waals surface area contributed by atoms with E-state index < -0.39 is 19.0 Å². The number of hydrogen-bond donors (Lipinski definition) is 2. The highest BCUT2D eigenvalue weighted by molar-refractivity contribution is 6.59. The highest BCUT2D eigenvalue weighted by Crippen LogP contribution is 2.53. The van der Waals surface area contributed by atoms with Gasteiger partial charge < -0.3 is 14.8 Å². The zero-order valence-corrected chi connectivity index (χ0v) is 18.5. The lowest BCUT2D eigenvalue weighted by molar-refractivity contribution is -0.142. The second kappa shape index (κ2) is 7.48. The molecule has 168 valence electrons. The minimum atomic E-state index is -1.76. The average Bonchev–Trinajstić information content (AvgIpc) is 2.82. The summed E-state index contributed by atoms with van der Waals surface area (Å²) in [7, 11) is -1.76. The SMILES string of the molecule is CC(=O)OCc1c2ccc(B(O)O)c1[C@H]1C[C@@H]2CC2=C1C(=O)c1cc3ccccc3cc1C2=O. The van der Waals surface area contributed by atoms with Crippen LogP contribution in [0.5, 0.6) is 0 Å². The first-order valence-corrected chi connectivity index (χ1v) is 11.4. The van der Waals surface area contributed by atoms with Crippen LogP contribution in [0.4, 0.5) is 0 Å². The molecule has 0 heterocycles. The molecule has 7 heteroatoms. The second-order valence-corrected chi connectivity index (χ2v) is 9.27. The van der Waals surface area contributed by atoms with Crippen LogP contribution in [0.3, 0.4) is 0 Å². The van der Waals surface area contributed by atoms with Gasteiger partial charge in [-0.2, -0.15) is 0 Å². The largest absolute Gasteiger partial charge is 0.488 e. The molecule has 0 aliphatic heterocycles. The Labute approximate surface area is 196 Å². The Bertz CT molecular complexity index is 1470. The van der Waals surface area contributed by atoms with Crippen LogP contribution in [0.15, 0.2) is 59.7 Å². The lowest BCUT2D eigenvalue weighted by atomic mass is 9.58. The number of ether oxygens (including phenoxy) is 1. The van der Waals surface area contributed by atoms with E-state index in [2.05, 4.69) is 0 Å². The van der Waals surface area contributed by atoms with Gasteiger partial charge in [0.05, 0.1) is 0 Å². The van der Waals surface area contributed by atoms with Gasteiger partial charge in [-0.1, -0.05) is 36.4 Å². The summed E-state index contributed by atoms with van der Waals surface area (Å²) < 4.78 is 5.30. The van der Waals surface area contributed by atoms with Gasteiger partial charge in [0.25, 0.3) is 0 Å². The van der Waals surface area contributed by atoms with Gasteiger partial charge in [0.2, 0.25) is 0 Å². The lowest BCUT2D eigenvalue weighted by Gasteiger charge is -2.42. The van der Waals surface area contributed by atoms with Gasteiger partial charge >= 0.3 is 13.1 Å². The van der Waals surface area contributed by atoms with Crippen molar-refractivity contribution >= 4 is 40.9 Å². The number of carbonyl (C=O) groups is 3. The molecule has 0 fully saturated rings. The van der Waals surface area contributed by atoms with Crippen molar-refractivity contribution in [2.24, 2.45) is 0 Å². The summed E-state index contributed by atoms with van der Waals surface area (Å²) in [5, 5.41) is 22.0. The number of benzene rings is 3. The number of ketones is 2. The van der Waals surface area contributed by atoms with Crippen molar-refractivity contribution in [1.82, 2.24) is 0 Å². The van der Waals surface area contributed by atoms with Crippen LogP contribution in [-0.2, 0) is 16.1 Å². The first-order valence-electron chi connectivity index (χ1n) is 11.4. The van der Waals surface area contributed by atoms with E-state index in [1.54, 1.807) is 18.2 Å². The quantitative estimate of drug-likeness (QED) is 0.468. The maximum absolute atomic E-state index is 13.9. The number of fused-ring (bicyclic) bond motifs is 9. The van der Waals surface area contributed by atoms with Crippen molar-refractivity contribution < 1.29 is 29.2 Å². The van der Waals surface area contributed by atoms with E-state index >= 15 is 0 Å². The maximum atomic E-state index is 13.9. The van der Waals surface area contributed by atoms with Crippen molar-refractivity contribution in [1.29, 1.82) is 0 Å². The molecule has 3 aliphatic carbocycles. The van der Waals surface area contributed by atoms with E-state index in [0.717, 1.165) is 16.3 Å². The molecule has 0 radical (unpaired) electrons. The van der Waals surface area contributed by atoms with E-state index in [0.29, 0.717) is 46.2 Å². The number of hydrogen-bond acceptors (Lipinski definition) is 6. The molecule has 0 saturated carbocycles. The summed E-state index contributed by atoms with van der Waals surface area (Å²) in [6.45, 7) is 1.31. The summed E-state index contributed by atoms with van der Waals surface area (Å²) >= 11 is 0. The molecule has 3 aromatic carbocycles. The Kier molecular flexibility index (Phi) is 4.63. The summed E-state index contributed by atoms with van der Waals surface area (Å²) in [6.07, 6.45) is 1.02. The normalized spacial score (nSPS) is 20.2. The molecule has 3 aliphatic rings. The zero-order chi connectivity index (χ0) is 23.7. The predicted octanol–water partition coefficient (Wildman–Crippen LogP) is 2.93. The molecule has 0 spiro atoms. The summed E-state index contributed by atoms with van der Waals surface area (Å²) in [4.78, 5) is 39.1. The third kappa shape index (κ3) is 2.94. The number of rotatable bonds is 3. The minimum Gasteiger partial charge on any atom is -0.461 e.